The summed E-state index contributed by atoms with van der Waals surface area (Å²) in [5, 5.41) is 24.7. The smallest absolute Gasteiger partial charge is 0.305 e. The van der Waals surface area contributed by atoms with Crippen LogP contribution in [-0.2, 0) is 49.6 Å². The molecule has 1 aromatic rings. The molecule has 22 heteroatoms. The van der Waals surface area contributed by atoms with Crippen LogP contribution >= 0.6 is 0 Å². The van der Waals surface area contributed by atoms with E-state index in [0.29, 0.717) is 6.42 Å². The maximum atomic E-state index is 13.9. The Morgan fingerprint density at radius 2 is 1.36 bits per heavy atom. The van der Waals surface area contributed by atoms with Gasteiger partial charge in [0.15, 0.2) is 5.96 Å². The molecular weight excluding hydrogens is 833 g/mol. The van der Waals surface area contributed by atoms with Gasteiger partial charge in [-0.05, 0) is 55.4 Å². The maximum absolute atomic E-state index is 13.9. The van der Waals surface area contributed by atoms with Crippen molar-refractivity contribution in [3.63, 3.8) is 0 Å². The Bertz CT molecular complexity index is 1820. The molecule has 22 nitrogen and oxygen atoms in total. The molecule has 1 heterocycles. The number of carboxylic acid groups (broad SMARTS) is 1. The molecule has 0 bridgehead atoms. The second kappa shape index (κ2) is 26.3. The molecule has 64 heavy (non-hydrogen) atoms. The van der Waals surface area contributed by atoms with Crippen LogP contribution in [0.15, 0.2) is 35.3 Å². The van der Waals surface area contributed by atoms with Crippen molar-refractivity contribution in [3.8, 4) is 0 Å². The average molecular weight is 901 g/mol. The van der Waals surface area contributed by atoms with E-state index in [1.807, 2.05) is 13.8 Å². The summed E-state index contributed by atoms with van der Waals surface area (Å²) in [6, 6.07) is 0.772. The van der Waals surface area contributed by atoms with Crippen LogP contribution in [0.25, 0.3) is 0 Å². The second-order valence-electron chi connectivity index (χ2n) is 17.0. The quantitative estimate of drug-likeness (QED) is 0.0260. The molecule has 15 N–H and O–H groups in total. The van der Waals surface area contributed by atoms with E-state index in [9.17, 15) is 43.2 Å². The predicted octanol–water partition coefficient (Wildman–Crippen LogP) is -2.54. The highest BCUT2D eigenvalue weighted by Crippen LogP contribution is 2.21. The van der Waals surface area contributed by atoms with Crippen molar-refractivity contribution in [2.24, 2.45) is 45.7 Å². The first kappa shape index (κ1) is 53.8. The predicted molar refractivity (Wildman–Crippen MR) is 236 cm³/mol. The van der Waals surface area contributed by atoms with E-state index in [0.717, 1.165) is 5.56 Å². The fraction of sp³-hybridized carbons (Fsp3) is 0.619. The number of aliphatic carboxylic acids is 1. The molecule has 1 aliphatic rings. The minimum atomic E-state index is -1.39. The number of benzene rings is 1. The Morgan fingerprint density at radius 1 is 0.766 bits per heavy atom. The number of amides is 8. The van der Waals surface area contributed by atoms with Crippen LogP contribution in [0.2, 0.25) is 0 Å². The number of carboxylic acids is 1. The van der Waals surface area contributed by atoms with Gasteiger partial charge >= 0.3 is 5.97 Å². The first-order valence-corrected chi connectivity index (χ1v) is 21.5. The lowest BCUT2D eigenvalue weighted by Gasteiger charge is -2.31. The molecule has 8 amide bonds. The lowest BCUT2D eigenvalue weighted by Crippen LogP contribution is -2.59. The minimum Gasteiger partial charge on any atom is -0.481 e. The molecule has 7 atom stereocenters. The normalized spacial score (nSPS) is 16.3. The van der Waals surface area contributed by atoms with Gasteiger partial charge in [0.1, 0.15) is 36.3 Å². The van der Waals surface area contributed by atoms with Gasteiger partial charge in [0.2, 0.25) is 47.3 Å². The van der Waals surface area contributed by atoms with Crippen molar-refractivity contribution in [3.05, 3.63) is 35.9 Å². The molecule has 2 rings (SSSR count). The molecule has 0 aromatic heterocycles. The Labute approximate surface area is 373 Å². The van der Waals surface area contributed by atoms with E-state index in [-0.39, 0.29) is 57.1 Å². The van der Waals surface area contributed by atoms with Crippen LogP contribution in [0, 0.1) is 17.8 Å². The molecule has 0 radical (unpaired) electrons. The van der Waals surface area contributed by atoms with Gasteiger partial charge in [-0.25, -0.2) is 0 Å². The first-order valence-electron chi connectivity index (χ1n) is 21.5. The molecule has 1 aromatic carbocycles. The molecule has 0 saturated carbocycles. The highest BCUT2D eigenvalue weighted by Gasteiger charge is 2.40. The SMILES string of the molecule is CC(C)C[C@H](NC(=O)[C@@H](NC(=O)CNC(=O)[C@@H]1CCCN1C(=O)[C@@H](NC(=O)[C@@H](N)CC(=O)O)C(C)C)C(C)C)C(=O)N[C@@H](CCCN=C(N)N)C(=O)N[C@@H](Cc1ccccc1)C(N)=O. The van der Waals surface area contributed by atoms with Crippen molar-refractivity contribution in [1.82, 2.24) is 36.8 Å². The molecule has 0 unspecified atom stereocenters. The number of carbonyl (C=O) groups is 9. The van der Waals surface area contributed by atoms with Crippen LogP contribution in [0.1, 0.15) is 85.6 Å². The van der Waals surface area contributed by atoms with Crippen molar-refractivity contribution < 1.29 is 48.3 Å². The molecule has 0 aliphatic carbocycles. The number of primary amides is 1. The second-order valence-corrected chi connectivity index (χ2v) is 17.0. The maximum Gasteiger partial charge on any atom is 0.305 e. The number of hydrogen-bond acceptors (Lipinski definition) is 11. The highest BCUT2D eigenvalue weighted by molar-refractivity contribution is 5.97. The molecule has 1 fully saturated rings. The van der Waals surface area contributed by atoms with Gasteiger partial charge in [0.25, 0.3) is 0 Å². The molecule has 1 saturated heterocycles. The van der Waals surface area contributed by atoms with Gasteiger partial charge in [0, 0.05) is 19.5 Å². The number of carbonyl (C=O) groups excluding carboxylic acids is 8. The van der Waals surface area contributed by atoms with Crippen molar-refractivity contribution in [1.29, 1.82) is 0 Å². The zero-order chi connectivity index (χ0) is 48.3. The standard InChI is InChI=1S/C42H68N12O10/c1-22(2)18-29(38(61)49-27(14-10-16-47-42(45)46)37(60)50-28(35(44)58)19-25-12-8-7-9-13-25)51-40(63)33(23(3)4)52-31(55)21-48-39(62)30-15-11-17-54(30)41(64)34(24(5)6)53-36(59)26(43)20-32(56)57/h7-9,12-13,22-24,26-30,33-34H,10-11,14-21,43H2,1-6H3,(H2,44,58)(H,48,62)(H,49,61)(H,50,60)(H,51,63)(H,52,55)(H,53,59)(H,56,57)(H4,45,46,47)/t26-,27-,28-,29-,30-,33-,34-/m0/s1. The van der Waals surface area contributed by atoms with Crippen LogP contribution in [0.4, 0.5) is 0 Å². The highest BCUT2D eigenvalue weighted by atomic mass is 16.4. The van der Waals surface area contributed by atoms with Gasteiger partial charge in [0.05, 0.1) is 19.0 Å². The zero-order valence-corrected chi connectivity index (χ0v) is 37.6. The van der Waals surface area contributed by atoms with Crippen molar-refractivity contribution >= 4 is 59.2 Å². The molecule has 1 aliphatic heterocycles. The number of rotatable bonds is 26. The monoisotopic (exact) mass is 901 g/mol. The summed E-state index contributed by atoms with van der Waals surface area (Å²) >= 11 is 0. The fourth-order valence-corrected chi connectivity index (χ4v) is 6.94. The third-order valence-corrected chi connectivity index (χ3v) is 10.4. The Morgan fingerprint density at radius 3 is 1.92 bits per heavy atom. The summed E-state index contributed by atoms with van der Waals surface area (Å²) in [5.41, 5.74) is 23.0. The molecule has 356 valence electrons. The van der Waals surface area contributed by atoms with Crippen molar-refractivity contribution in [2.45, 2.75) is 129 Å². The van der Waals surface area contributed by atoms with Gasteiger partial charge < -0.3 is 64.8 Å². The number of guanidine groups is 1. The van der Waals surface area contributed by atoms with E-state index in [1.54, 1.807) is 58.0 Å². The number of hydrogen-bond donors (Lipinski definition) is 11. The minimum absolute atomic E-state index is 0.0505. The summed E-state index contributed by atoms with van der Waals surface area (Å²) in [5.74, 6) is -8.19. The number of likely N-dealkylation sites (tertiary alicyclic amines) is 1. The van der Waals surface area contributed by atoms with E-state index < -0.39 is 120 Å². The summed E-state index contributed by atoms with van der Waals surface area (Å²) in [6.07, 6.45) is 0.629. The van der Waals surface area contributed by atoms with Crippen LogP contribution < -0.4 is 54.8 Å². The number of nitrogens with one attached hydrogen (secondary N) is 6. The topological polar surface area (TPSA) is 366 Å². The summed E-state index contributed by atoms with van der Waals surface area (Å²) < 4.78 is 0. The lowest BCUT2D eigenvalue weighted by molar-refractivity contribution is -0.143. The fourth-order valence-electron chi connectivity index (χ4n) is 6.94. The summed E-state index contributed by atoms with van der Waals surface area (Å²) in [7, 11) is 0. The number of nitrogens with two attached hydrogens (primary N) is 4. The number of nitrogens with zero attached hydrogens (tertiary/aromatic N) is 2. The molecule has 0 spiro atoms. The summed E-state index contributed by atoms with van der Waals surface area (Å²) in [6.45, 7) is 10.1. The van der Waals surface area contributed by atoms with Gasteiger partial charge in [-0.15, -0.1) is 0 Å². The van der Waals surface area contributed by atoms with Gasteiger partial charge in [-0.1, -0.05) is 71.9 Å². The first-order chi connectivity index (χ1) is 30.0. The van der Waals surface area contributed by atoms with Gasteiger partial charge in [-0.2, -0.15) is 0 Å². The Kier molecular flexibility index (Phi) is 22.1. The average Bonchev–Trinajstić information content (AvgIpc) is 3.71. The van der Waals surface area contributed by atoms with Gasteiger partial charge in [-0.3, -0.25) is 48.1 Å². The van der Waals surface area contributed by atoms with Crippen LogP contribution in [-0.4, -0.2) is 131 Å². The number of aliphatic imine (C=N–C) groups is 1. The summed E-state index contributed by atoms with van der Waals surface area (Å²) in [4.78, 5) is 123. The molecular formula is C42H68N12O10. The largest absolute Gasteiger partial charge is 0.481 e. The van der Waals surface area contributed by atoms with E-state index in [2.05, 4.69) is 36.9 Å². The van der Waals surface area contributed by atoms with E-state index in [4.69, 9.17) is 28.0 Å². The van der Waals surface area contributed by atoms with Crippen molar-refractivity contribution in [2.75, 3.05) is 19.6 Å². The van der Waals surface area contributed by atoms with Crippen LogP contribution in [0.5, 0.6) is 0 Å². The lowest BCUT2D eigenvalue weighted by atomic mass is 9.99. The van der Waals surface area contributed by atoms with E-state index in [1.165, 1.54) is 4.90 Å². The van der Waals surface area contributed by atoms with E-state index >= 15 is 0 Å². The van der Waals surface area contributed by atoms with Crippen LogP contribution in [0.3, 0.4) is 0 Å². The third-order valence-electron chi connectivity index (χ3n) is 10.4. The zero-order valence-electron chi connectivity index (χ0n) is 37.6. The Balaban J connectivity index is 2.16. The third kappa shape index (κ3) is 18.2. The Hall–Kier alpha value is -6.32.